The first-order valence-corrected chi connectivity index (χ1v) is 15.9. The van der Waals surface area contributed by atoms with Gasteiger partial charge in [0, 0.05) is 25.3 Å². The molecule has 0 spiro atoms. The SMILES string of the molecule is CCC(CCC(=O)OC(C)CCC=Nc1ccccc1)CCC(CC)CCC(=O)OC(C)CCC=Nc1ccccc1. The first-order chi connectivity index (χ1) is 20.4. The van der Waals surface area contributed by atoms with Crippen LogP contribution in [0.25, 0.3) is 0 Å². The number of hydrogen-bond acceptors (Lipinski definition) is 6. The molecular weight excluding hydrogens is 524 g/mol. The van der Waals surface area contributed by atoms with Gasteiger partial charge in [-0.05, 0) is 88.5 Å². The molecule has 0 fully saturated rings. The van der Waals surface area contributed by atoms with Crippen LogP contribution in [0.5, 0.6) is 0 Å². The highest BCUT2D eigenvalue weighted by atomic mass is 16.5. The lowest BCUT2D eigenvalue weighted by atomic mass is 9.87. The highest BCUT2D eigenvalue weighted by Crippen LogP contribution is 2.25. The van der Waals surface area contributed by atoms with Crippen LogP contribution in [0, 0.1) is 11.8 Å². The lowest BCUT2D eigenvalue weighted by Gasteiger charge is -2.20. The second kappa shape index (κ2) is 21.4. The lowest BCUT2D eigenvalue weighted by Crippen LogP contribution is -2.17. The third-order valence-electron chi connectivity index (χ3n) is 7.71. The molecule has 0 saturated carbocycles. The van der Waals surface area contributed by atoms with E-state index in [1.807, 2.05) is 86.9 Å². The molecule has 2 aromatic rings. The van der Waals surface area contributed by atoms with Crippen LogP contribution in [-0.4, -0.2) is 36.6 Å². The fourth-order valence-electron chi connectivity index (χ4n) is 4.89. The number of para-hydroxylation sites is 2. The highest BCUT2D eigenvalue weighted by molar-refractivity contribution is 5.70. The molecule has 6 nitrogen and oxygen atoms in total. The molecule has 0 radical (unpaired) electrons. The highest BCUT2D eigenvalue weighted by Gasteiger charge is 2.17. The fraction of sp³-hybridized carbons (Fsp3) is 0.556. The first-order valence-electron chi connectivity index (χ1n) is 15.9. The van der Waals surface area contributed by atoms with Gasteiger partial charge in [-0.25, -0.2) is 0 Å². The van der Waals surface area contributed by atoms with E-state index in [4.69, 9.17) is 9.47 Å². The van der Waals surface area contributed by atoms with Gasteiger partial charge in [-0.15, -0.1) is 0 Å². The Morgan fingerprint density at radius 3 is 1.36 bits per heavy atom. The van der Waals surface area contributed by atoms with Crippen LogP contribution in [0.15, 0.2) is 70.6 Å². The van der Waals surface area contributed by atoms with E-state index in [0.29, 0.717) is 24.7 Å². The molecule has 0 saturated heterocycles. The molecular formula is C36H52N2O4. The quantitative estimate of drug-likeness (QED) is 0.109. The fourth-order valence-corrected chi connectivity index (χ4v) is 4.89. The summed E-state index contributed by atoms with van der Waals surface area (Å²) < 4.78 is 11.3. The van der Waals surface area contributed by atoms with E-state index in [1.165, 1.54) is 0 Å². The Bertz CT molecular complexity index is 969. The number of rotatable bonds is 21. The Morgan fingerprint density at radius 1 is 0.619 bits per heavy atom. The minimum Gasteiger partial charge on any atom is -0.463 e. The van der Waals surface area contributed by atoms with E-state index in [2.05, 4.69) is 23.8 Å². The van der Waals surface area contributed by atoms with Gasteiger partial charge in [0.25, 0.3) is 0 Å². The smallest absolute Gasteiger partial charge is 0.306 e. The van der Waals surface area contributed by atoms with Crippen LogP contribution in [0.4, 0.5) is 11.4 Å². The molecule has 0 aliphatic carbocycles. The molecule has 0 aliphatic heterocycles. The molecule has 0 aliphatic rings. The van der Waals surface area contributed by atoms with Gasteiger partial charge in [0.15, 0.2) is 0 Å². The molecule has 0 aromatic heterocycles. The van der Waals surface area contributed by atoms with Crippen molar-refractivity contribution < 1.29 is 19.1 Å². The largest absolute Gasteiger partial charge is 0.463 e. The molecule has 2 rings (SSSR count). The van der Waals surface area contributed by atoms with Gasteiger partial charge in [-0.1, -0.05) is 75.9 Å². The number of carbonyl (C=O) groups is 2. The summed E-state index contributed by atoms with van der Waals surface area (Å²) in [6, 6.07) is 19.7. The van der Waals surface area contributed by atoms with Gasteiger partial charge in [-0.3, -0.25) is 19.6 Å². The number of benzene rings is 2. The Hall–Kier alpha value is -3.28. The molecule has 2 aromatic carbocycles. The van der Waals surface area contributed by atoms with Gasteiger partial charge in [0.2, 0.25) is 0 Å². The average Bonchev–Trinajstić information content (AvgIpc) is 3.00. The average molecular weight is 577 g/mol. The summed E-state index contributed by atoms with van der Waals surface area (Å²) in [5, 5.41) is 0. The maximum absolute atomic E-state index is 12.4. The molecule has 0 heterocycles. The third kappa shape index (κ3) is 16.2. The molecule has 42 heavy (non-hydrogen) atoms. The van der Waals surface area contributed by atoms with Gasteiger partial charge in [0.05, 0.1) is 23.6 Å². The summed E-state index contributed by atoms with van der Waals surface area (Å²) >= 11 is 0. The van der Waals surface area contributed by atoms with E-state index in [-0.39, 0.29) is 24.1 Å². The van der Waals surface area contributed by atoms with Crippen molar-refractivity contribution in [3.63, 3.8) is 0 Å². The van der Waals surface area contributed by atoms with Crippen molar-refractivity contribution in [1.29, 1.82) is 0 Å². The lowest BCUT2D eigenvalue weighted by molar-refractivity contribution is -0.149. The van der Waals surface area contributed by atoms with E-state index in [0.717, 1.165) is 75.6 Å². The number of carbonyl (C=O) groups excluding carboxylic acids is 2. The maximum atomic E-state index is 12.4. The molecule has 4 unspecified atom stereocenters. The van der Waals surface area contributed by atoms with Crippen LogP contribution in [0.1, 0.15) is 105 Å². The van der Waals surface area contributed by atoms with Crippen LogP contribution in [0.2, 0.25) is 0 Å². The van der Waals surface area contributed by atoms with Crippen molar-refractivity contribution in [3.05, 3.63) is 60.7 Å². The Balaban J connectivity index is 1.58. The molecule has 0 N–H and O–H groups in total. The minimum atomic E-state index is -0.117. The first kappa shape index (κ1) is 34.9. The van der Waals surface area contributed by atoms with Crippen molar-refractivity contribution in [2.24, 2.45) is 21.8 Å². The van der Waals surface area contributed by atoms with Crippen LogP contribution < -0.4 is 0 Å². The predicted octanol–water partition coefficient (Wildman–Crippen LogP) is 9.61. The Morgan fingerprint density at radius 2 is 1.00 bits per heavy atom. The Labute approximate surface area is 254 Å². The molecule has 0 bridgehead atoms. The van der Waals surface area contributed by atoms with Crippen LogP contribution in [-0.2, 0) is 19.1 Å². The van der Waals surface area contributed by atoms with Gasteiger partial charge in [0.1, 0.15) is 0 Å². The van der Waals surface area contributed by atoms with Gasteiger partial charge < -0.3 is 9.47 Å². The van der Waals surface area contributed by atoms with Gasteiger partial charge >= 0.3 is 11.9 Å². The zero-order valence-electron chi connectivity index (χ0n) is 26.3. The van der Waals surface area contributed by atoms with Crippen molar-refractivity contribution in [2.45, 2.75) is 117 Å². The number of aliphatic imine (C=N–C) groups is 2. The summed E-state index contributed by atoms with van der Waals surface area (Å²) in [6.07, 6.45) is 13.5. The van der Waals surface area contributed by atoms with E-state index in [9.17, 15) is 9.59 Å². The molecule has 0 amide bonds. The minimum absolute atomic E-state index is 0.115. The van der Waals surface area contributed by atoms with Crippen molar-refractivity contribution >= 4 is 35.7 Å². The van der Waals surface area contributed by atoms with E-state index in [1.54, 1.807) is 0 Å². The summed E-state index contributed by atoms with van der Waals surface area (Å²) in [6.45, 7) is 8.27. The summed E-state index contributed by atoms with van der Waals surface area (Å²) in [5.74, 6) is 0.751. The van der Waals surface area contributed by atoms with Crippen molar-refractivity contribution in [1.82, 2.24) is 0 Å². The second-order valence-corrected chi connectivity index (χ2v) is 11.3. The number of esters is 2. The monoisotopic (exact) mass is 576 g/mol. The van der Waals surface area contributed by atoms with Gasteiger partial charge in [-0.2, -0.15) is 0 Å². The van der Waals surface area contributed by atoms with E-state index < -0.39 is 0 Å². The number of ether oxygens (including phenoxy) is 2. The Kier molecular flexibility index (Phi) is 17.8. The van der Waals surface area contributed by atoms with Crippen LogP contribution >= 0.6 is 0 Å². The van der Waals surface area contributed by atoms with Crippen molar-refractivity contribution in [3.8, 4) is 0 Å². The zero-order chi connectivity index (χ0) is 30.4. The standard InChI is InChI=1S/C36H52N2O4/c1-5-31(23-25-35(39)41-29(3)15-13-27-37-33-17-9-7-10-18-33)21-22-32(6-2)24-26-36(40)42-30(4)16-14-28-38-34-19-11-8-12-20-34/h7-12,17-20,27-32H,5-6,13-16,21-26H2,1-4H3. The third-order valence-corrected chi connectivity index (χ3v) is 7.71. The molecule has 4 atom stereocenters. The zero-order valence-corrected chi connectivity index (χ0v) is 26.3. The van der Waals surface area contributed by atoms with Crippen molar-refractivity contribution in [2.75, 3.05) is 0 Å². The summed E-state index contributed by atoms with van der Waals surface area (Å²) in [5.41, 5.74) is 1.87. The maximum Gasteiger partial charge on any atom is 0.306 e. The topological polar surface area (TPSA) is 77.3 Å². The number of hydrogen-bond donors (Lipinski definition) is 0. The normalized spacial score (nSPS) is 14.5. The molecule has 230 valence electrons. The predicted molar refractivity (Wildman–Crippen MR) is 174 cm³/mol. The number of nitrogens with zero attached hydrogens (tertiary/aromatic N) is 2. The molecule has 6 heteroatoms. The van der Waals surface area contributed by atoms with E-state index >= 15 is 0 Å². The van der Waals surface area contributed by atoms with Crippen LogP contribution in [0.3, 0.4) is 0 Å². The summed E-state index contributed by atoms with van der Waals surface area (Å²) in [4.78, 5) is 33.7. The summed E-state index contributed by atoms with van der Waals surface area (Å²) in [7, 11) is 0. The second-order valence-electron chi connectivity index (χ2n) is 11.3.